The zero-order valence-electron chi connectivity index (χ0n) is 15.0. The number of hydrogen-bond donors (Lipinski definition) is 0. The molecule has 0 saturated carbocycles. The van der Waals surface area contributed by atoms with Gasteiger partial charge in [0.1, 0.15) is 18.2 Å². The van der Waals surface area contributed by atoms with Crippen molar-refractivity contribution in [2.75, 3.05) is 31.1 Å². The second-order valence-electron chi connectivity index (χ2n) is 6.45. The Morgan fingerprint density at radius 3 is 2.73 bits per heavy atom. The maximum absolute atomic E-state index is 12.9. The minimum atomic E-state index is -0.234. The fraction of sp³-hybridized carbons (Fsp3) is 0.471. The van der Waals surface area contributed by atoms with Crippen LogP contribution in [0.25, 0.3) is 5.78 Å². The van der Waals surface area contributed by atoms with Crippen molar-refractivity contribution in [2.24, 2.45) is 0 Å². The van der Waals surface area contributed by atoms with E-state index < -0.39 is 0 Å². The van der Waals surface area contributed by atoms with Crippen molar-refractivity contribution in [3.05, 3.63) is 36.5 Å². The van der Waals surface area contributed by atoms with Crippen LogP contribution in [-0.2, 0) is 4.79 Å². The van der Waals surface area contributed by atoms with Gasteiger partial charge in [0.25, 0.3) is 5.78 Å². The fourth-order valence-corrected chi connectivity index (χ4v) is 3.44. The Kier molecular flexibility index (Phi) is 4.27. The van der Waals surface area contributed by atoms with Gasteiger partial charge < -0.3 is 9.80 Å². The molecule has 1 saturated heterocycles. The summed E-state index contributed by atoms with van der Waals surface area (Å²) >= 11 is 0. The second kappa shape index (κ2) is 6.74. The number of nitrogens with zero attached hydrogens (tertiary/aromatic N) is 8. The van der Waals surface area contributed by atoms with Gasteiger partial charge in [-0.15, -0.1) is 0 Å². The van der Waals surface area contributed by atoms with Crippen LogP contribution >= 0.6 is 0 Å². The average Bonchev–Trinajstić information content (AvgIpc) is 3.33. The van der Waals surface area contributed by atoms with Gasteiger partial charge in [-0.3, -0.25) is 9.48 Å². The van der Waals surface area contributed by atoms with E-state index in [1.165, 1.54) is 6.33 Å². The molecule has 0 spiro atoms. The second-order valence-corrected chi connectivity index (χ2v) is 6.45. The Morgan fingerprint density at radius 2 is 2.04 bits per heavy atom. The van der Waals surface area contributed by atoms with E-state index in [0.29, 0.717) is 18.9 Å². The van der Waals surface area contributed by atoms with Crippen LogP contribution in [0.5, 0.6) is 0 Å². The first-order valence-electron chi connectivity index (χ1n) is 8.87. The van der Waals surface area contributed by atoms with Gasteiger partial charge in [0, 0.05) is 50.3 Å². The summed E-state index contributed by atoms with van der Waals surface area (Å²) in [6.07, 6.45) is 5.80. The number of carbonyl (C=O) groups is 1. The van der Waals surface area contributed by atoms with Crippen molar-refractivity contribution in [2.45, 2.75) is 26.3 Å². The largest absolute Gasteiger partial charge is 0.353 e. The summed E-state index contributed by atoms with van der Waals surface area (Å²) in [6.45, 7) is 6.82. The van der Waals surface area contributed by atoms with Gasteiger partial charge in [0.15, 0.2) is 0 Å². The minimum Gasteiger partial charge on any atom is -0.353 e. The van der Waals surface area contributed by atoms with E-state index in [0.717, 1.165) is 31.0 Å². The standard InChI is InChI=1S/C17H22N8O/c1-3-14(24-6-4-5-19-24)16(26)23-9-7-22(8-10-23)15-11-13(2)21-17-18-12-20-25(15)17/h4-6,11-12,14H,3,7-10H2,1-2H3/t14-/m0/s1. The molecule has 1 fully saturated rings. The molecule has 9 nitrogen and oxygen atoms in total. The van der Waals surface area contributed by atoms with Gasteiger partial charge in [0.2, 0.25) is 5.91 Å². The molecule has 0 bridgehead atoms. The summed E-state index contributed by atoms with van der Waals surface area (Å²) in [6, 6.07) is 3.63. The third-order valence-electron chi connectivity index (χ3n) is 4.79. The Bertz CT molecular complexity index is 895. The molecular weight excluding hydrogens is 332 g/mol. The Hall–Kier alpha value is -2.97. The number of aryl methyl sites for hydroxylation is 1. The van der Waals surface area contributed by atoms with Crippen LogP contribution in [0.2, 0.25) is 0 Å². The molecule has 4 rings (SSSR count). The van der Waals surface area contributed by atoms with Gasteiger partial charge >= 0.3 is 0 Å². The Morgan fingerprint density at radius 1 is 1.23 bits per heavy atom. The molecule has 3 aromatic heterocycles. The molecule has 26 heavy (non-hydrogen) atoms. The lowest BCUT2D eigenvalue weighted by molar-refractivity contribution is -0.135. The number of piperazine rings is 1. The maximum Gasteiger partial charge on any atom is 0.254 e. The molecule has 0 N–H and O–H groups in total. The summed E-state index contributed by atoms with van der Waals surface area (Å²) in [5.41, 5.74) is 0.906. The molecule has 1 aliphatic rings. The van der Waals surface area contributed by atoms with Crippen LogP contribution in [0.4, 0.5) is 5.82 Å². The van der Waals surface area contributed by atoms with Crippen molar-refractivity contribution in [3.63, 3.8) is 0 Å². The Labute approximate surface area is 151 Å². The maximum atomic E-state index is 12.9. The van der Waals surface area contributed by atoms with E-state index in [1.54, 1.807) is 15.4 Å². The topological polar surface area (TPSA) is 84.5 Å². The fourth-order valence-electron chi connectivity index (χ4n) is 3.44. The van der Waals surface area contributed by atoms with E-state index in [1.807, 2.05) is 37.1 Å². The predicted molar refractivity (Wildman–Crippen MR) is 95.9 cm³/mol. The molecule has 136 valence electrons. The quantitative estimate of drug-likeness (QED) is 0.693. The van der Waals surface area contributed by atoms with Crippen molar-refractivity contribution < 1.29 is 4.79 Å². The molecule has 1 amide bonds. The number of aromatic nitrogens is 6. The van der Waals surface area contributed by atoms with Crippen molar-refractivity contribution in [1.29, 1.82) is 0 Å². The smallest absolute Gasteiger partial charge is 0.254 e. The van der Waals surface area contributed by atoms with Crippen LogP contribution in [0.1, 0.15) is 25.1 Å². The summed E-state index contributed by atoms with van der Waals surface area (Å²) in [5, 5.41) is 8.51. The van der Waals surface area contributed by atoms with Crippen molar-refractivity contribution in [1.82, 2.24) is 34.3 Å². The lowest BCUT2D eigenvalue weighted by Gasteiger charge is -2.37. The van der Waals surface area contributed by atoms with Crippen LogP contribution < -0.4 is 4.90 Å². The first-order chi connectivity index (χ1) is 12.7. The van der Waals surface area contributed by atoms with Crippen LogP contribution in [0.3, 0.4) is 0 Å². The number of anilines is 1. The van der Waals surface area contributed by atoms with Crippen LogP contribution in [0.15, 0.2) is 30.9 Å². The first kappa shape index (κ1) is 16.5. The zero-order chi connectivity index (χ0) is 18.1. The van der Waals surface area contributed by atoms with Gasteiger partial charge in [-0.25, -0.2) is 4.98 Å². The van der Waals surface area contributed by atoms with E-state index >= 15 is 0 Å². The summed E-state index contributed by atoms with van der Waals surface area (Å²) in [4.78, 5) is 25.6. The normalized spacial score (nSPS) is 16.2. The molecule has 3 aromatic rings. The summed E-state index contributed by atoms with van der Waals surface area (Å²) in [7, 11) is 0. The third-order valence-corrected chi connectivity index (χ3v) is 4.79. The molecule has 9 heteroatoms. The van der Waals surface area contributed by atoms with E-state index in [-0.39, 0.29) is 11.9 Å². The van der Waals surface area contributed by atoms with Gasteiger partial charge in [-0.2, -0.15) is 19.7 Å². The van der Waals surface area contributed by atoms with Crippen LogP contribution in [-0.4, -0.2) is 66.3 Å². The summed E-state index contributed by atoms with van der Waals surface area (Å²) < 4.78 is 3.50. The monoisotopic (exact) mass is 354 g/mol. The molecule has 0 radical (unpaired) electrons. The predicted octanol–water partition coefficient (Wildman–Crippen LogP) is 0.929. The molecule has 0 aliphatic carbocycles. The number of rotatable bonds is 4. The van der Waals surface area contributed by atoms with Gasteiger partial charge in [-0.1, -0.05) is 6.92 Å². The number of carbonyl (C=O) groups excluding carboxylic acids is 1. The third kappa shape index (κ3) is 2.89. The summed E-state index contributed by atoms with van der Waals surface area (Å²) in [5.74, 6) is 1.70. The number of amides is 1. The van der Waals surface area contributed by atoms with Crippen molar-refractivity contribution >= 4 is 17.5 Å². The van der Waals surface area contributed by atoms with E-state index in [9.17, 15) is 4.79 Å². The lowest BCUT2D eigenvalue weighted by atomic mass is 10.1. The Balaban J connectivity index is 1.48. The minimum absolute atomic E-state index is 0.132. The average molecular weight is 354 g/mol. The number of hydrogen-bond acceptors (Lipinski definition) is 6. The zero-order valence-corrected chi connectivity index (χ0v) is 15.0. The molecule has 1 aliphatic heterocycles. The molecule has 0 unspecified atom stereocenters. The molecule has 4 heterocycles. The van der Waals surface area contributed by atoms with Gasteiger partial charge in [0.05, 0.1) is 0 Å². The first-order valence-corrected chi connectivity index (χ1v) is 8.87. The highest BCUT2D eigenvalue weighted by molar-refractivity contribution is 5.80. The highest BCUT2D eigenvalue weighted by atomic mass is 16.2. The van der Waals surface area contributed by atoms with E-state index in [4.69, 9.17) is 0 Å². The molecular formula is C17H22N8O. The highest BCUT2D eigenvalue weighted by Crippen LogP contribution is 2.20. The van der Waals surface area contributed by atoms with Crippen molar-refractivity contribution in [3.8, 4) is 0 Å². The lowest BCUT2D eigenvalue weighted by Crippen LogP contribution is -2.51. The van der Waals surface area contributed by atoms with E-state index in [2.05, 4.69) is 25.1 Å². The highest BCUT2D eigenvalue weighted by Gasteiger charge is 2.28. The van der Waals surface area contributed by atoms with Crippen LogP contribution in [0, 0.1) is 6.92 Å². The van der Waals surface area contributed by atoms with Gasteiger partial charge in [-0.05, 0) is 19.4 Å². The molecule has 0 aromatic carbocycles. The number of fused-ring (bicyclic) bond motifs is 1. The molecule has 1 atom stereocenters. The SMILES string of the molecule is CC[C@@H](C(=O)N1CCN(c2cc(C)nc3ncnn23)CC1)n1cccn1.